The third-order valence-corrected chi connectivity index (χ3v) is 2.82. The Balaban J connectivity index is 2.71. The van der Waals surface area contributed by atoms with E-state index in [1.807, 2.05) is 6.92 Å². The van der Waals surface area contributed by atoms with Gasteiger partial charge in [0.25, 0.3) is 0 Å². The minimum Gasteiger partial charge on any atom is -0.481 e. The van der Waals surface area contributed by atoms with Crippen molar-refractivity contribution >= 4 is 0 Å². The lowest BCUT2D eigenvalue weighted by molar-refractivity contribution is 0.0554. The molecule has 1 aromatic rings. The number of aromatic nitrogens is 2. The van der Waals surface area contributed by atoms with Gasteiger partial charge in [-0.05, 0) is 13.3 Å². The lowest BCUT2D eigenvalue weighted by Crippen LogP contribution is -2.36. The quantitative estimate of drug-likeness (QED) is 0.748. The van der Waals surface area contributed by atoms with Gasteiger partial charge in [-0.25, -0.2) is 9.97 Å². The Bertz CT molecular complexity index is 361. The van der Waals surface area contributed by atoms with Crippen molar-refractivity contribution in [3.8, 4) is 11.8 Å². The van der Waals surface area contributed by atoms with Gasteiger partial charge in [0.2, 0.25) is 11.8 Å². The van der Waals surface area contributed by atoms with Crippen LogP contribution < -0.4 is 14.8 Å². The van der Waals surface area contributed by atoms with E-state index in [4.69, 9.17) is 9.47 Å². The van der Waals surface area contributed by atoms with E-state index >= 15 is 0 Å². The summed E-state index contributed by atoms with van der Waals surface area (Å²) in [6.45, 7) is 4.68. The highest BCUT2D eigenvalue weighted by Gasteiger charge is 2.18. The predicted molar refractivity (Wildman–Crippen MR) is 67.8 cm³/mol. The molecule has 0 aromatic carbocycles. The number of hydrogen-bond donors (Lipinski definition) is 2. The van der Waals surface area contributed by atoms with Crippen molar-refractivity contribution in [3.05, 3.63) is 11.9 Å². The Hall–Kier alpha value is -1.40. The van der Waals surface area contributed by atoms with Gasteiger partial charge in [-0.3, -0.25) is 0 Å². The zero-order valence-corrected chi connectivity index (χ0v) is 11.4. The van der Waals surface area contributed by atoms with Gasteiger partial charge in [-0.2, -0.15) is 0 Å². The monoisotopic (exact) mass is 255 g/mol. The maximum atomic E-state index is 9.90. The highest BCUT2D eigenvalue weighted by Crippen LogP contribution is 2.23. The van der Waals surface area contributed by atoms with E-state index in [1.165, 1.54) is 6.33 Å². The molecule has 0 aliphatic heterocycles. The maximum absolute atomic E-state index is 9.90. The van der Waals surface area contributed by atoms with Crippen LogP contribution in [-0.2, 0) is 6.54 Å². The molecule has 1 aromatic heterocycles. The molecule has 0 radical (unpaired) electrons. The van der Waals surface area contributed by atoms with Gasteiger partial charge in [0.05, 0.1) is 25.4 Å². The molecule has 0 spiro atoms. The van der Waals surface area contributed by atoms with Crippen molar-refractivity contribution in [2.45, 2.75) is 32.4 Å². The highest BCUT2D eigenvalue weighted by molar-refractivity contribution is 5.34. The summed E-state index contributed by atoms with van der Waals surface area (Å²) in [7, 11) is 3.10. The molecule has 0 bridgehead atoms. The molecule has 6 nitrogen and oxygen atoms in total. The predicted octanol–water partition coefficient (Wildman–Crippen LogP) is 0.744. The van der Waals surface area contributed by atoms with Crippen LogP contribution in [0.2, 0.25) is 0 Å². The number of ether oxygens (including phenoxy) is 2. The normalized spacial score (nSPS) is 14.1. The molecular formula is C12H21N3O3. The summed E-state index contributed by atoms with van der Waals surface area (Å²) in [6, 6.07) is 0. The Morgan fingerprint density at radius 2 is 1.83 bits per heavy atom. The molecule has 0 saturated carbocycles. The summed E-state index contributed by atoms with van der Waals surface area (Å²) in [5, 5.41) is 13.1. The van der Waals surface area contributed by atoms with Gasteiger partial charge in [-0.15, -0.1) is 0 Å². The number of nitrogens with one attached hydrogen (secondary N) is 1. The van der Waals surface area contributed by atoms with E-state index in [0.29, 0.717) is 31.3 Å². The summed E-state index contributed by atoms with van der Waals surface area (Å²) >= 11 is 0. The number of methoxy groups -OCH3 is 2. The van der Waals surface area contributed by atoms with Crippen molar-refractivity contribution in [1.29, 1.82) is 0 Å². The van der Waals surface area contributed by atoms with Crippen LogP contribution in [0.4, 0.5) is 0 Å². The van der Waals surface area contributed by atoms with Crippen molar-refractivity contribution in [2.24, 2.45) is 0 Å². The molecule has 1 rings (SSSR count). The fourth-order valence-electron chi connectivity index (χ4n) is 1.47. The van der Waals surface area contributed by atoms with Gasteiger partial charge in [0, 0.05) is 13.1 Å². The number of rotatable bonds is 7. The van der Waals surface area contributed by atoms with Crippen molar-refractivity contribution < 1.29 is 14.6 Å². The second kappa shape index (κ2) is 6.51. The summed E-state index contributed by atoms with van der Waals surface area (Å²) in [5.41, 5.74) is 0.0187. The van der Waals surface area contributed by atoms with Gasteiger partial charge in [0.1, 0.15) is 6.33 Å². The van der Waals surface area contributed by atoms with Crippen LogP contribution in [0.5, 0.6) is 11.8 Å². The molecule has 0 amide bonds. The fraction of sp³-hybridized carbons (Fsp3) is 0.667. The molecule has 18 heavy (non-hydrogen) atoms. The molecule has 0 saturated heterocycles. The van der Waals surface area contributed by atoms with Crippen LogP contribution in [0.1, 0.15) is 25.8 Å². The maximum Gasteiger partial charge on any atom is 0.224 e. The zero-order valence-electron chi connectivity index (χ0n) is 11.4. The largest absolute Gasteiger partial charge is 0.481 e. The van der Waals surface area contributed by atoms with Crippen LogP contribution in [0.15, 0.2) is 6.33 Å². The summed E-state index contributed by atoms with van der Waals surface area (Å²) in [6.07, 6.45) is 2.07. The second-order valence-electron chi connectivity index (χ2n) is 4.32. The third kappa shape index (κ3) is 3.82. The first-order chi connectivity index (χ1) is 8.54. The van der Waals surface area contributed by atoms with Gasteiger partial charge in [-0.1, -0.05) is 6.92 Å². The Morgan fingerprint density at radius 1 is 1.28 bits per heavy atom. The van der Waals surface area contributed by atoms with Crippen LogP contribution >= 0.6 is 0 Å². The summed E-state index contributed by atoms with van der Waals surface area (Å²) in [5.74, 6) is 0.955. The zero-order chi connectivity index (χ0) is 13.6. The number of nitrogens with zero attached hydrogens (tertiary/aromatic N) is 2. The Kier molecular flexibility index (Phi) is 5.30. The topological polar surface area (TPSA) is 76.5 Å². The van der Waals surface area contributed by atoms with Crippen LogP contribution in [-0.4, -0.2) is 41.4 Å². The minimum absolute atomic E-state index is 0.476. The molecule has 102 valence electrons. The lowest BCUT2D eigenvalue weighted by atomic mass is 10.0. The first-order valence-electron chi connectivity index (χ1n) is 5.89. The van der Waals surface area contributed by atoms with E-state index in [0.717, 1.165) is 5.56 Å². The number of hydrogen-bond acceptors (Lipinski definition) is 6. The molecule has 1 unspecified atom stereocenters. The van der Waals surface area contributed by atoms with E-state index in [-0.39, 0.29) is 0 Å². The molecule has 0 aliphatic rings. The SMILES string of the molecule is CCC(C)(O)CNCc1c(OC)ncnc1OC. The van der Waals surface area contributed by atoms with Crippen LogP contribution in [0.25, 0.3) is 0 Å². The smallest absolute Gasteiger partial charge is 0.224 e. The molecular weight excluding hydrogens is 234 g/mol. The van der Waals surface area contributed by atoms with Crippen LogP contribution in [0, 0.1) is 0 Å². The standard InChI is InChI=1S/C12H21N3O3/c1-5-12(2,16)7-13-6-9-10(17-3)14-8-15-11(9)18-4/h8,13,16H,5-7H2,1-4H3. The molecule has 6 heteroatoms. The summed E-state index contributed by atoms with van der Waals surface area (Å²) < 4.78 is 10.3. The van der Waals surface area contributed by atoms with Crippen LogP contribution in [0.3, 0.4) is 0 Å². The third-order valence-electron chi connectivity index (χ3n) is 2.82. The number of aliphatic hydroxyl groups is 1. The molecule has 0 fully saturated rings. The molecule has 0 aliphatic carbocycles. The van der Waals surface area contributed by atoms with Crippen molar-refractivity contribution in [1.82, 2.24) is 15.3 Å². The van der Waals surface area contributed by atoms with E-state index < -0.39 is 5.60 Å². The minimum atomic E-state index is -0.726. The van der Waals surface area contributed by atoms with Gasteiger partial charge >= 0.3 is 0 Å². The van der Waals surface area contributed by atoms with Crippen molar-refractivity contribution in [2.75, 3.05) is 20.8 Å². The Morgan fingerprint density at radius 3 is 2.28 bits per heavy atom. The Labute approximate surface area is 107 Å². The molecule has 2 N–H and O–H groups in total. The van der Waals surface area contributed by atoms with Gasteiger partial charge < -0.3 is 19.9 Å². The second-order valence-corrected chi connectivity index (χ2v) is 4.32. The highest BCUT2D eigenvalue weighted by atomic mass is 16.5. The van der Waals surface area contributed by atoms with E-state index in [9.17, 15) is 5.11 Å². The molecule has 1 heterocycles. The van der Waals surface area contributed by atoms with Crippen molar-refractivity contribution in [3.63, 3.8) is 0 Å². The average Bonchev–Trinajstić information content (AvgIpc) is 2.38. The average molecular weight is 255 g/mol. The molecule has 1 atom stereocenters. The lowest BCUT2D eigenvalue weighted by Gasteiger charge is -2.22. The van der Waals surface area contributed by atoms with E-state index in [1.54, 1.807) is 21.1 Å². The first kappa shape index (κ1) is 14.7. The van der Waals surface area contributed by atoms with Gasteiger partial charge in [0.15, 0.2) is 0 Å². The fourth-order valence-corrected chi connectivity index (χ4v) is 1.47. The first-order valence-corrected chi connectivity index (χ1v) is 5.89. The summed E-state index contributed by atoms with van der Waals surface area (Å²) in [4.78, 5) is 8.05. The van der Waals surface area contributed by atoms with E-state index in [2.05, 4.69) is 15.3 Å².